The number of ether oxygens (including phenoxy) is 1. The van der Waals surface area contributed by atoms with Crippen molar-refractivity contribution in [2.24, 2.45) is 5.41 Å². The Labute approximate surface area is 138 Å². The minimum atomic E-state index is -0.208. The Morgan fingerprint density at radius 2 is 2.09 bits per heavy atom. The van der Waals surface area contributed by atoms with E-state index in [1.54, 1.807) is 17.0 Å². The number of hydrogen-bond acceptors (Lipinski definition) is 3. The summed E-state index contributed by atoms with van der Waals surface area (Å²) < 4.78 is 5.24. The summed E-state index contributed by atoms with van der Waals surface area (Å²) in [6, 6.07) is 3.19. The fourth-order valence-corrected chi connectivity index (χ4v) is 3.70. The maximum atomic E-state index is 12.8. The summed E-state index contributed by atoms with van der Waals surface area (Å²) in [4.78, 5) is 26.0. The van der Waals surface area contributed by atoms with Crippen molar-refractivity contribution in [3.63, 3.8) is 0 Å². The van der Waals surface area contributed by atoms with Crippen LogP contribution in [0.15, 0.2) is 12.1 Å². The molecular formula is C15H16Cl2N2O3. The fraction of sp³-hybridized carbons (Fsp3) is 0.467. The average Bonchev–Trinajstić information content (AvgIpc) is 3.07. The van der Waals surface area contributed by atoms with Crippen LogP contribution in [0.2, 0.25) is 10.0 Å². The first kappa shape index (κ1) is 15.4. The highest BCUT2D eigenvalue weighted by Gasteiger charge is 2.45. The molecule has 2 fully saturated rings. The third-order valence-corrected chi connectivity index (χ3v) is 5.01. The molecule has 3 rings (SSSR count). The summed E-state index contributed by atoms with van der Waals surface area (Å²) in [6.45, 7) is 1.76. The molecule has 1 atom stereocenters. The topological polar surface area (TPSA) is 58.6 Å². The summed E-state index contributed by atoms with van der Waals surface area (Å²) in [5.74, 6) is 0.133. The zero-order valence-corrected chi connectivity index (χ0v) is 13.6. The number of halogens is 2. The van der Waals surface area contributed by atoms with Gasteiger partial charge in [-0.05, 0) is 18.6 Å². The third-order valence-electron chi connectivity index (χ3n) is 4.40. The molecule has 7 heteroatoms. The van der Waals surface area contributed by atoms with Crippen LogP contribution in [-0.4, -0.2) is 43.5 Å². The van der Waals surface area contributed by atoms with Crippen molar-refractivity contribution in [2.75, 3.05) is 26.7 Å². The number of carbonyl (C=O) groups excluding carboxylic acids is 2. The number of nitrogens with zero attached hydrogens (tertiary/aromatic N) is 1. The molecule has 118 valence electrons. The first-order valence-electron chi connectivity index (χ1n) is 7.04. The Balaban J connectivity index is 1.87. The Bertz CT molecular complexity index is 650. The van der Waals surface area contributed by atoms with Gasteiger partial charge in [-0.1, -0.05) is 23.2 Å². The third kappa shape index (κ3) is 2.52. The molecule has 0 bridgehead atoms. The van der Waals surface area contributed by atoms with E-state index in [9.17, 15) is 9.59 Å². The molecule has 22 heavy (non-hydrogen) atoms. The van der Waals surface area contributed by atoms with E-state index in [2.05, 4.69) is 5.32 Å². The second kappa shape index (κ2) is 5.63. The second-order valence-electron chi connectivity index (χ2n) is 5.87. The molecule has 0 aliphatic carbocycles. The first-order valence-corrected chi connectivity index (χ1v) is 7.79. The molecule has 2 aliphatic heterocycles. The minimum absolute atomic E-state index is 0.0488. The average molecular weight is 343 g/mol. The Morgan fingerprint density at radius 3 is 2.73 bits per heavy atom. The molecule has 1 aromatic carbocycles. The van der Waals surface area contributed by atoms with Crippen molar-refractivity contribution < 1.29 is 14.3 Å². The smallest absolute Gasteiger partial charge is 0.259 e. The number of amides is 2. The van der Waals surface area contributed by atoms with E-state index in [1.165, 1.54) is 7.11 Å². The molecule has 0 aromatic heterocycles. The van der Waals surface area contributed by atoms with Crippen LogP contribution in [0.4, 0.5) is 0 Å². The number of benzene rings is 1. The van der Waals surface area contributed by atoms with Gasteiger partial charge in [-0.25, -0.2) is 0 Å². The highest BCUT2D eigenvalue weighted by atomic mass is 35.5. The van der Waals surface area contributed by atoms with Crippen LogP contribution in [0.1, 0.15) is 23.2 Å². The van der Waals surface area contributed by atoms with E-state index in [0.717, 1.165) is 6.42 Å². The molecular weight excluding hydrogens is 327 g/mol. The molecule has 1 N–H and O–H groups in total. The maximum absolute atomic E-state index is 12.8. The normalized spacial score (nSPS) is 24.0. The summed E-state index contributed by atoms with van der Waals surface area (Å²) in [5, 5.41) is 3.51. The van der Waals surface area contributed by atoms with Crippen LogP contribution in [0.3, 0.4) is 0 Å². The van der Waals surface area contributed by atoms with Gasteiger partial charge in [0.1, 0.15) is 5.56 Å². The lowest BCUT2D eigenvalue weighted by Gasteiger charge is -2.23. The van der Waals surface area contributed by atoms with Gasteiger partial charge < -0.3 is 15.0 Å². The molecule has 1 unspecified atom stereocenters. The minimum Gasteiger partial charge on any atom is -0.494 e. The van der Waals surface area contributed by atoms with Crippen LogP contribution in [0.5, 0.6) is 5.75 Å². The van der Waals surface area contributed by atoms with Crippen LogP contribution < -0.4 is 10.1 Å². The Morgan fingerprint density at radius 1 is 1.36 bits per heavy atom. The standard InChI is InChI=1S/C15H16Cl2N2O3/c1-22-13-10(17)3-2-9(16)12(13)14(21)19-5-4-15(8-19)6-11(20)18-7-15/h2-3H,4-8H2,1H3,(H,18,20). The van der Waals surface area contributed by atoms with Crippen molar-refractivity contribution in [3.8, 4) is 5.75 Å². The predicted molar refractivity (Wildman–Crippen MR) is 83.6 cm³/mol. The lowest BCUT2D eigenvalue weighted by molar-refractivity contribution is -0.119. The molecule has 0 saturated carbocycles. The summed E-state index contributed by atoms with van der Waals surface area (Å²) in [7, 11) is 1.46. The number of nitrogens with one attached hydrogen (secondary N) is 1. The second-order valence-corrected chi connectivity index (χ2v) is 6.68. The van der Waals surface area contributed by atoms with E-state index in [0.29, 0.717) is 41.8 Å². The largest absolute Gasteiger partial charge is 0.494 e. The monoisotopic (exact) mass is 342 g/mol. The molecule has 2 heterocycles. The van der Waals surface area contributed by atoms with Crippen molar-refractivity contribution in [3.05, 3.63) is 27.7 Å². The van der Waals surface area contributed by atoms with E-state index in [4.69, 9.17) is 27.9 Å². The predicted octanol–water partition coefficient (Wildman–Crippen LogP) is 2.35. The van der Waals surface area contributed by atoms with Gasteiger partial charge in [-0.2, -0.15) is 0 Å². The van der Waals surface area contributed by atoms with Gasteiger partial charge in [0.05, 0.1) is 17.2 Å². The molecule has 2 saturated heterocycles. The van der Waals surface area contributed by atoms with Gasteiger partial charge in [0, 0.05) is 31.5 Å². The molecule has 5 nitrogen and oxygen atoms in total. The SMILES string of the molecule is COc1c(Cl)ccc(Cl)c1C(=O)N1CCC2(CNC(=O)C2)C1. The van der Waals surface area contributed by atoms with Crippen molar-refractivity contribution >= 4 is 35.0 Å². The lowest BCUT2D eigenvalue weighted by Crippen LogP contribution is -2.33. The van der Waals surface area contributed by atoms with Gasteiger partial charge >= 0.3 is 0 Å². The van der Waals surface area contributed by atoms with E-state index in [1.807, 2.05) is 0 Å². The van der Waals surface area contributed by atoms with E-state index in [-0.39, 0.29) is 22.8 Å². The van der Waals surface area contributed by atoms with Crippen molar-refractivity contribution in [1.29, 1.82) is 0 Å². The number of hydrogen-bond donors (Lipinski definition) is 1. The number of rotatable bonds is 2. The summed E-state index contributed by atoms with van der Waals surface area (Å²) >= 11 is 12.3. The zero-order valence-electron chi connectivity index (χ0n) is 12.1. The van der Waals surface area contributed by atoms with E-state index >= 15 is 0 Å². The van der Waals surface area contributed by atoms with Gasteiger partial charge in [-0.15, -0.1) is 0 Å². The van der Waals surface area contributed by atoms with Crippen LogP contribution in [0, 0.1) is 5.41 Å². The van der Waals surface area contributed by atoms with Crippen molar-refractivity contribution in [2.45, 2.75) is 12.8 Å². The highest BCUT2D eigenvalue weighted by Crippen LogP contribution is 2.40. The number of carbonyl (C=O) groups is 2. The van der Waals surface area contributed by atoms with Crippen LogP contribution in [0.25, 0.3) is 0 Å². The Hall–Kier alpha value is -1.46. The first-order chi connectivity index (χ1) is 10.5. The lowest BCUT2D eigenvalue weighted by atomic mass is 9.86. The Kier molecular flexibility index (Phi) is 3.95. The molecule has 2 aliphatic rings. The van der Waals surface area contributed by atoms with Crippen molar-refractivity contribution in [1.82, 2.24) is 10.2 Å². The van der Waals surface area contributed by atoms with E-state index < -0.39 is 0 Å². The summed E-state index contributed by atoms with van der Waals surface area (Å²) in [6.07, 6.45) is 1.27. The summed E-state index contributed by atoms with van der Waals surface area (Å²) in [5.41, 5.74) is 0.136. The maximum Gasteiger partial charge on any atom is 0.259 e. The highest BCUT2D eigenvalue weighted by molar-refractivity contribution is 6.37. The van der Waals surface area contributed by atoms with Gasteiger partial charge in [0.2, 0.25) is 5.91 Å². The van der Waals surface area contributed by atoms with Gasteiger partial charge in [0.25, 0.3) is 5.91 Å². The molecule has 1 aromatic rings. The molecule has 0 radical (unpaired) electrons. The molecule has 2 amide bonds. The molecule has 1 spiro atoms. The quantitative estimate of drug-likeness (QED) is 0.897. The zero-order chi connectivity index (χ0) is 15.9. The van der Waals surface area contributed by atoms with Crippen LogP contribution >= 0.6 is 23.2 Å². The van der Waals surface area contributed by atoms with Gasteiger partial charge in [0.15, 0.2) is 5.75 Å². The fourth-order valence-electron chi connectivity index (χ4n) is 3.24. The number of likely N-dealkylation sites (tertiary alicyclic amines) is 1. The van der Waals surface area contributed by atoms with Gasteiger partial charge in [-0.3, -0.25) is 9.59 Å². The van der Waals surface area contributed by atoms with Crippen LogP contribution in [-0.2, 0) is 4.79 Å². The number of methoxy groups -OCH3 is 1.